The van der Waals surface area contributed by atoms with E-state index in [2.05, 4.69) is 35.3 Å². The van der Waals surface area contributed by atoms with Crippen molar-refractivity contribution >= 4 is 17.5 Å². The normalized spacial score (nSPS) is 17.4. The number of nitrogens with one attached hydrogen (secondary N) is 1. The summed E-state index contributed by atoms with van der Waals surface area (Å²) in [4.78, 5) is 14.7. The van der Waals surface area contributed by atoms with Gasteiger partial charge in [0, 0.05) is 24.2 Å². The number of piperidine rings is 1. The highest BCUT2D eigenvalue weighted by atomic mass is 35.5. The molecular formula is C23H29ClN2O2. The van der Waals surface area contributed by atoms with Crippen molar-refractivity contribution in [3.05, 3.63) is 70.2 Å². The van der Waals surface area contributed by atoms with Crippen molar-refractivity contribution in [1.82, 2.24) is 10.2 Å². The summed E-state index contributed by atoms with van der Waals surface area (Å²) in [5, 5.41) is 3.63. The summed E-state index contributed by atoms with van der Waals surface area (Å²) in [6.07, 6.45) is 3.86. The number of ether oxygens (including phenoxy) is 1. The fourth-order valence-electron chi connectivity index (χ4n) is 3.61. The molecule has 0 radical (unpaired) electrons. The van der Waals surface area contributed by atoms with Crippen molar-refractivity contribution in [1.29, 1.82) is 0 Å². The number of hydrogen-bond acceptors (Lipinski definition) is 3. The number of nitrogens with zero attached hydrogens (tertiary/aromatic N) is 1. The molecule has 0 spiro atoms. The van der Waals surface area contributed by atoms with Crippen LogP contribution in [0, 0.1) is 0 Å². The number of carbonyl (C=O) groups is 1. The Morgan fingerprint density at radius 2 is 1.82 bits per heavy atom. The van der Waals surface area contributed by atoms with Gasteiger partial charge in [-0.3, -0.25) is 9.69 Å². The first-order valence-electron chi connectivity index (χ1n) is 10.0. The summed E-state index contributed by atoms with van der Waals surface area (Å²) in [5.41, 5.74) is 3.34. The van der Waals surface area contributed by atoms with Crippen molar-refractivity contribution in [2.45, 2.75) is 51.9 Å². The first kappa shape index (κ1) is 20.8. The second-order valence-electron chi connectivity index (χ2n) is 7.44. The minimum Gasteiger partial charge on any atom is -0.367 e. The molecule has 2 aromatic rings. The van der Waals surface area contributed by atoms with Crippen LogP contribution < -0.4 is 5.32 Å². The van der Waals surface area contributed by atoms with Gasteiger partial charge in [0.15, 0.2) is 0 Å². The Labute approximate surface area is 172 Å². The van der Waals surface area contributed by atoms with Crippen molar-refractivity contribution < 1.29 is 9.53 Å². The highest BCUT2D eigenvalue weighted by molar-refractivity contribution is 6.31. The highest BCUT2D eigenvalue weighted by Crippen LogP contribution is 2.21. The average Bonchev–Trinajstić information content (AvgIpc) is 2.70. The van der Waals surface area contributed by atoms with Crippen LogP contribution in [-0.2, 0) is 29.2 Å². The number of rotatable bonds is 8. The van der Waals surface area contributed by atoms with E-state index in [4.69, 9.17) is 16.3 Å². The Morgan fingerprint density at radius 1 is 1.11 bits per heavy atom. The summed E-state index contributed by atoms with van der Waals surface area (Å²) < 4.78 is 5.51. The van der Waals surface area contributed by atoms with Crippen LogP contribution in [0.4, 0.5) is 0 Å². The highest BCUT2D eigenvalue weighted by Gasteiger charge is 2.19. The van der Waals surface area contributed by atoms with E-state index in [9.17, 15) is 4.79 Å². The topological polar surface area (TPSA) is 41.6 Å². The average molecular weight is 401 g/mol. The molecule has 2 aromatic carbocycles. The molecule has 150 valence electrons. The van der Waals surface area contributed by atoms with Gasteiger partial charge in [0.1, 0.15) is 6.61 Å². The molecule has 28 heavy (non-hydrogen) atoms. The van der Waals surface area contributed by atoms with Crippen molar-refractivity contribution in [3.63, 3.8) is 0 Å². The van der Waals surface area contributed by atoms with Gasteiger partial charge in [-0.1, -0.05) is 60.5 Å². The van der Waals surface area contributed by atoms with Crippen LogP contribution in [-0.4, -0.2) is 30.0 Å². The molecule has 0 aromatic heterocycles. The summed E-state index contributed by atoms with van der Waals surface area (Å²) in [6, 6.07) is 16.5. The fraction of sp³-hybridized carbons (Fsp3) is 0.435. The number of hydrogen-bond donors (Lipinski definition) is 1. The van der Waals surface area contributed by atoms with Gasteiger partial charge in [0.05, 0.1) is 6.61 Å². The lowest BCUT2D eigenvalue weighted by molar-refractivity contribution is -0.126. The van der Waals surface area contributed by atoms with Crippen LogP contribution in [0.15, 0.2) is 48.5 Å². The van der Waals surface area contributed by atoms with Crippen LogP contribution in [0.5, 0.6) is 0 Å². The SMILES string of the molecule is CC1CCCCN1Cc1ccccc1CNC(=O)COCc1ccccc1Cl. The molecule has 0 aliphatic carbocycles. The van der Waals surface area contributed by atoms with E-state index < -0.39 is 0 Å². The van der Waals surface area contributed by atoms with E-state index in [0.717, 1.165) is 18.7 Å². The summed E-state index contributed by atoms with van der Waals surface area (Å²) in [7, 11) is 0. The van der Waals surface area contributed by atoms with Gasteiger partial charge >= 0.3 is 0 Å². The number of benzene rings is 2. The number of amides is 1. The smallest absolute Gasteiger partial charge is 0.246 e. The van der Waals surface area contributed by atoms with Gasteiger partial charge in [0.25, 0.3) is 0 Å². The zero-order valence-corrected chi connectivity index (χ0v) is 17.3. The minimum atomic E-state index is -0.117. The molecule has 1 fully saturated rings. The van der Waals surface area contributed by atoms with E-state index in [0.29, 0.717) is 24.2 Å². The van der Waals surface area contributed by atoms with Gasteiger partial charge in [-0.2, -0.15) is 0 Å². The molecule has 0 saturated carbocycles. The molecule has 3 rings (SSSR count). The maximum atomic E-state index is 12.2. The van der Waals surface area contributed by atoms with Crippen molar-refractivity contribution in [2.75, 3.05) is 13.2 Å². The molecule has 5 heteroatoms. The molecule has 1 aliphatic heterocycles. The summed E-state index contributed by atoms with van der Waals surface area (Å²) in [6.45, 7) is 5.27. The molecule has 1 amide bonds. The largest absolute Gasteiger partial charge is 0.367 e. The zero-order chi connectivity index (χ0) is 19.8. The Balaban J connectivity index is 1.47. The molecule has 1 N–H and O–H groups in total. The lowest BCUT2D eigenvalue weighted by atomic mass is 10.0. The Hall–Kier alpha value is -1.88. The van der Waals surface area contributed by atoms with Gasteiger partial charge in [0.2, 0.25) is 5.91 Å². The van der Waals surface area contributed by atoms with Gasteiger partial charge in [-0.05, 0) is 49.1 Å². The van der Waals surface area contributed by atoms with E-state index in [1.807, 2.05) is 30.3 Å². The van der Waals surface area contributed by atoms with Crippen LogP contribution in [0.1, 0.15) is 42.9 Å². The van der Waals surface area contributed by atoms with Crippen molar-refractivity contribution in [2.24, 2.45) is 0 Å². The van der Waals surface area contributed by atoms with E-state index >= 15 is 0 Å². The maximum absolute atomic E-state index is 12.2. The fourth-order valence-corrected chi connectivity index (χ4v) is 3.80. The van der Waals surface area contributed by atoms with E-state index in [1.54, 1.807) is 0 Å². The standard InChI is InChI=1S/C23H29ClN2O2/c1-18-8-6-7-13-26(18)15-20-10-3-2-9-19(20)14-25-23(27)17-28-16-21-11-4-5-12-22(21)24/h2-5,9-12,18H,6-8,13-17H2,1H3,(H,25,27). The van der Waals surface area contributed by atoms with Crippen LogP contribution in [0.2, 0.25) is 5.02 Å². The maximum Gasteiger partial charge on any atom is 0.246 e. The molecule has 1 saturated heterocycles. The quantitative estimate of drug-likeness (QED) is 0.706. The van der Waals surface area contributed by atoms with Crippen LogP contribution in [0.3, 0.4) is 0 Å². The second kappa shape index (κ2) is 10.6. The number of carbonyl (C=O) groups excluding carboxylic acids is 1. The number of halogens is 1. The van der Waals surface area contributed by atoms with Gasteiger partial charge in [-0.15, -0.1) is 0 Å². The first-order valence-corrected chi connectivity index (χ1v) is 10.4. The monoisotopic (exact) mass is 400 g/mol. The molecule has 1 unspecified atom stereocenters. The molecule has 1 aliphatic rings. The Bertz CT molecular complexity index is 781. The third-order valence-corrected chi connectivity index (χ3v) is 5.73. The first-order chi connectivity index (χ1) is 13.6. The van der Waals surface area contributed by atoms with Crippen molar-refractivity contribution in [3.8, 4) is 0 Å². The third-order valence-electron chi connectivity index (χ3n) is 5.36. The minimum absolute atomic E-state index is 0.0244. The summed E-state index contributed by atoms with van der Waals surface area (Å²) in [5.74, 6) is -0.117. The molecule has 1 heterocycles. The van der Waals surface area contributed by atoms with Gasteiger partial charge < -0.3 is 10.1 Å². The second-order valence-corrected chi connectivity index (χ2v) is 7.85. The predicted octanol–water partition coefficient (Wildman–Crippen LogP) is 4.55. The Kier molecular flexibility index (Phi) is 7.90. The Morgan fingerprint density at radius 3 is 2.57 bits per heavy atom. The molecular weight excluding hydrogens is 372 g/mol. The third kappa shape index (κ3) is 6.06. The molecule has 4 nitrogen and oxygen atoms in total. The van der Waals surface area contributed by atoms with Crippen LogP contribution >= 0.6 is 11.6 Å². The number of likely N-dealkylation sites (tertiary alicyclic amines) is 1. The van der Waals surface area contributed by atoms with E-state index in [1.165, 1.54) is 30.4 Å². The molecule has 0 bridgehead atoms. The van der Waals surface area contributed by atoms with Gasteiger partial charge in [-0.25, -0.2) is 0 Å². The lowest BCUT2D eigenvalue weighted by Crippen LogP contribution is -2.37. The van der Waals surface area contributed by atoms with E-state index in [-0.39, 0.29) is 12.5 Å². The zero-order valence-electron chi connectivity index (χ0n) is 16.5. The summed E-state index contributed by atoms with van der Waals surface area (Å²) >= 11 is 6.10. The van der Waals surface area contributed by atoms with Crippen LogP contribution in [0.25, 0.3) is 0 Å². The predicted molar refractivity (Wildman–Crippen MR) is 113 cm³/mol. The lowest BCUT2D eigenvalue weighted by Gasteiger charge is -2.33. The molecule has 1 atom stereocenters.